The Morgan fingerprint density at radius 2 is 1.94 bits per heavy atom. The number of hydrogen-bond donors (Lipinski definition) is 6. The van der Waals surface area contributed by atoms with Crippen molar-refractivity contribution in [3.8, 4) is 11.1 Å². The number of rotatable bonds is 5. The van der Waals surface area contributed by atoms with Crippen LogP contribution in [0, 0.1) is 5.41 Å². The van der Waals surface area contributed by atoms with Gasteiger partial charge in [-0.3, -0.25) is 26.4 Å². The number of alkyl halides is 3. The Kier molecular flexibility index (Phi) is 5.87. The van der Waals surface area contributed by atoms with Crippen LogP contribution in [0.15, 0.2) is 54.7 Å². The molecule has 3 aromatic rings. The van der Waals surface area contributed by atoms with Crippen molar-refractivity contribution in [1.82, 2.24) is 26.1 Å². The molecule has 1 aromatic heterocycles. The minimum absolute atomic E-state index is 0.0404. The number of nitrogens with one attached hydrogen (secondary N) is 5. The topological polar surface area (TPSA) is 132 Å². The fraction of sp³-hybridized carbons (Fsp3) is 0.190. The van der Waals surface area contributed by atoms with Gasteiger partial charge >= 0.3 is 6.18 Å². The van der Waals surface area contributed by atoms with Crippen molar-refractivity contribution in [2.45, 2.75) is 18.0 Å². The smallest absolute Gasteiger partial charge is 0.349 e. The van der Waals surface area contributed by atoms with Crippen LogP contribution in [0.1, 0.15) is 21.6 Å². The Balaban J connectivity index is 1.62. The summed E-state index contributed by atoms with van der Waals surface area (Å²) in [5.74, 6) is -0.464. The lowest BCUT2D eigenvalue weighted by atomic mass is 9.94. The third-order valence-electron chi connectivity index (χ3n) is 5.35. The highest BCUT2D eigenvalue weighted by Crippen LogP contribution is 2.33. The molecule has 7 N–H and O–H groups in total. The van der Waals surface area contributed by atoms with Gasteiger partial charge in [0.1, 0.15) is 17.7 Å². The maximum absolute atomic E-state index is 13.1. The molecule has 1 fully saturated rings. The molecule has 33 heavy (non-hydrogen) atoms. The van der Waals surface area contributed by atoms with Gasteiger partial charge < -0.3 is 10.6 Å². The summed E-state index contributed by atoms with van der Waals surface area (Å²) in [7, 11) is 0. The van der Waals surface area contributed by atoms with Crippen LogP contribution in [0.2, 0.25) is 5.02 Å². The van der Waals surface area contributed by atoms with E-state index < -0.39 is 29.5 Å². The average Bonchev–Trinajstić information content (AvgIpc) is 3.40. The number of carbonyl (C=O) groups is 1. The molecule has 1 aliphatic heterocycles. The summed E-state index contributed by atoms with van der Waals surface area (Å²) in [5, 5.41) is 23.9. The molecular weight excluding hydrogens is 459 g/mol. The van der Waals surface area contributed by atoms with E-state index in [4.69, 9.17) is 22.7 Å². The molecule has 12 heteroatoms. The van der Waals surface area contributed by atoms with Gasteiger partial charge in [0.2, 0.25) is 0 Å². The van der Waals surface area contributed by atoms with Gasteiger partial charge in [0, 0.05) is 23.3 Å². The lowest BCUT2D eigenvalue weighted by molar-refractivity contribution is -0.137. The van der Waals surface area contributed by atoms with Crippen molar-refractivity contribution in [1.29, 1.82) is 5.41 Å². The number of halogens is 4. The first-order valence-corrected chi connectivity index (χ1v) is 10.1. The van der Waals surface area contributed by atoms with Gasteiger partial charge in [0.05, 0.1) is 11.3 Å². The molecule has 0 aliphatic carbocycles. The first kappa shape index (κ1) is 22.8. The molecule has 0 spiro atoms. The second-order valence-corrected chi connectivity index (χ2v) is 7.90. The highest BCUT2D eigenvalue weighted by Gasteiger charge is 2.45. The maximum atomic E-state index is 13.1. The second-order valence-electron chi connectivity index (χ2n) is 7.46. The Hall–Kier alpha value is -3.41. The largest absolute Gasteiger partial charge is 0.416 e. The Bertz CT molecular complexity index is 1180. The van der Waals surface area contributed by atoms with E-state index in [1.807, 2.05) is 0 Å². The highest BCUT2D eigenvalue weighted by atomic mass is 35.5. The highest BCUT2D eigenvalue weighted by molar-refractivity contribution is 6.31. The third-order valence-corrected chi connectivity index (χ3v) is 5.59. The summed E-state index contributed by atoms with van der Waals surface area (Å²) in [4.78, 5) is 13.1. The van der Waals surface area contributed by atoms with E-state index in [-0.39, 0.29) is 17.9 Å². The molecule has 2 heterocycles. The van der Waals surface area contributed by atoms with Crippen LogP contribution in [0.3, 0.4) is 0 Å². The molecule has 1 aliphatic rings. The maximum Gasteiger partial charge on any atom is 0.416 e. The number of benzene rings is 2. The van der Waals surface area contributed by atoms with Crippen LogP contribution >= 0.6 is 11.6 Å². The zero-order chi connectivity index (χ0) is 23.8. The molecule has 4 rings (SSSR count). The van der Waals surface area contributed by atoms with Gasteiger partial charge in [-0.15, -0.1) is 0 Å². The first-order chi connectivity index (χ1) is 15.6. The van der Waals surface area contributed by atoms with E-state index in [0.717, 1.165) is 12.1 Å². The van der Waals surface area contributed by atoms with Crippen molar-refractivity contribution in [3.05, 3.63) is 76.6 Å². The molecule has 0 bridgehead atoms. The van der Waals surface area contributed by atoms with Crippen molar-refractivity contribution in [3.63, 3.8) is 0 Å². The quantitative estimate of drug-likeness (QED) is 0.336. The van der Waals surface area contributed by atoms with Gasteiger partial charge in [0.15, 0.2) is 0 Å². The molecule has 0 saturated carbocycles. The standard InChI is InChI=1S/C21H19ClF3N7O/c22-13-5-6-14(15(9-13)11-1-3-12(4-2-11)21(23,24)25)17(33)28-10-20(16-7-8-29-32-16)18(26)30-19(27)31-20/h1-9,19,31H,10,27H2,(H2,26,30)(H,28,33)(H,29,32). The number of aromatic amines is 1. The normalized spacial score (nSPS) is 20.5. The van der Waals surface area contributed by atoms with Gasteiger partial charge in [-0.1, -0.05) is 23.7 Å². The van der Waals surface area contributed by atoms with Crippen LogP contribution < -0.4 is 21.7 Å². The Labute approximate surface area is 191 Å². The minimum atomic E-state index is -4.47. The lowest BCUT2D eigenvalue weighted by Crippen LogP contribution is -2.54. The van der Waals surface area contributed by atoms with E-state index in [0.29, 0.717) is 21.8 Å². The predicted octanol–water partition coefficient (Wildman–Crippen LogP) is 2.79. The van der Waals surface area contributed by atoms with Crippen molar-refractivity contribution in [2.24, 2.45) is 5.73 Å². The zero-order valence-corrected chi connectivity index (χ0v) is 17.7. The van der Waals surface area contributed by atoms with Crippen LogP contribution in [0.4, 0.5) is 13.2 Å². The lowest BCUT2D eigenvalue weighted by Gasteiger charge is -2.27. The molecule has 2 atom stereocenters. The number of nitrogens with two attached hydrogens (primary N) is 1. The summed E-state index contributed by atoms with van der Waals surface area (Å²) in [6.45, 7) is -0.0529. The Morgan fingerprint density at radius 1 is 1.21 bits per heavy atom. The first-order valence-electron chi connectivity index (χ1n) is 9.74. The number of nitrogens with zero attached hydrogens (tertiary/aromatic N) is 1. The molecule has 1 amide bonds. The van der Waals surface area contributed by atoms with E-state index in [1.165, 1.54) is 36.5 Å². The summed E-state index contributed by atoms with van der Waals surface area (Å²) >= 11 is 6.10. The van der Waals surface area contributed by atoms with E-state index in [1.54, 1.807) is 6.07 Å². The van der Waals surface area contributed by atoms with Gasteiger partial charge in [-0.05, 0) is 47.5 Å². The second kappa shape index (κ2) is 8.50. The van der Waals surface area contributed by atoms with Gasteiger partial charge in [-0.2, -0.15) is 18.3 Å². The molecule has 172 valence electrons. The summed E-state index contributed by atoms with van der Waals surface area (Å²) in [6, 6.07) is 10.6. The predicted molar refractivity (Wildman–Crippen MR) is 116 cm³/mol. The van der Waals surface area contributed by atoms with E-state index >= 15 is 0 Å². The number of amides is 1. The number of carbonyl (C=O) groups excluding carboxylic acids is 1. The molecule has 2 aromatic carbocycles. The molecule has 1 saturated heterocycles. The van der Waals surface area contributed by atoms with Gasteiger partial charge in [-0.25, -0.2) is 0 Å². The van der Waals surface area contributed by atoms with Crippen molar-refractivity contribution < 1.29 is 18.0 Å². The fourth-order valence-electron chi connectivity index (χ4n) is 3.69. The summed E-state index contributed by atoms with van der Waals surface area (Å²) in [5.41, 5.74) is 5.42. The number of amidine groups is 1. The zero-order valence-electron chi connectivity index (χ0n) is 16.9. The monoisotopic (exact) mass is 477 g/mol. The molecular formula is C21H19ClF3N7O. The van der Waals surface area contributed by atoms with E-state index in [2.05, 4.69) is 26.1 Å². The van der Waals surface area contributed by atoms with Crippen LogP contribution in [-0.4, -0.2) is 34.8 Å². The number of H-pyrrole nitrogens is 1. The molecule has 2 unspecified atom stereocenters. The summed E-state index contributed by atoms with van der Waals surface area (Å²) < 4.78 is 38.8. The number of aromatic nitrogens is 2. The number of hydrogen-bond acceptors (Lipinski definition) is 5. The average molecular weight is 478 g/mol. The minimum Gasteiger partial charge on any atom is -0.349 e. The van der Waals surface area contributed by atoms with Crippen LogP contribution in [-0.2, 0) is 11.7 Å². The van der Waals surface area contributed by atoms with E-state index in [9.17, 15) is 18.0 Å². The molecule has 0 radical (unpaired) electrons. The SMILES string of the molecule is N=C1NC(N)NC1(CNC(=O)c1ccc(Cl)cc1-c1ccc(C(F)(F)F)cc1)c1ccn[nH]1. The van der Waals surface area contributed by atoms with Crippen molar-refractivity contribution >= 4 is 23.3 Å². The van der Waals surface area contributed by atoms with Crippen molar-refractivity contribution in [2.75, 3.05) is 6.54 Å². The van der Waals surface area contributed by atoms with Gasteiger partial charge in [0.25, 0.3) is 5.91 Å². The van der Waals surface area contributed by atoms with Crippen LogP contribution in [0.25, 0.3) is 11.1 Å². The fourth-order valence-corrected chi connectivity index (χ4v) is 3.87. The summed E-state index contributed by atoms with van der Waals surface area (Å²) in [6.07, 6.45) is -3.67. The molecule has 8 nitrogen and oxygen atoms in total. The van der Waals surface area contributed by atoms with Crippen LogP contribution in [0.5, 0.6) is 0 Å². The Morgan fingerprint density at radius 3 is 2.52 bits per heavy atom. The third kappa shape index (κ3) is 4.42.